The molecule has 1 atom stereocenters. The van der Waals surface area contributed by atoms with E-state index in [1.807, 2.05) is 20.8 Å². The van der Waals surface area contributed by atoms with E-state index in [9.17, 15) is 0 Å². The van der Waals surface area contributed by atoms with Gasteiger partial charge in [-0.1, -0.05) is 6.92 Å². The lowest BCUT2D eigenvalue weighted by Gasteiger charge is -2.34. The molecular formula is C10H26O3S4Si. The highest BCUT2D eigenvalue weighted by Gasteiger charge is 2.41. The molecule has 8 heteroatoms. The summed E-state index contributed by atoms with van der Waals surface area (Å²) in [6.07, 6.45) is 0. The van der Waals surface area contributed by atoms with Gasteiger partial charge < -0.3 is 13.3 Å². The van der Waals surface area contributed by atoms with Gasteiger partial charge in [0, 0.05) is 25.9 Å². The lowest BCUT2D eigenvalue weighted by molar-refractivity contribution is 0.0728. The Bertz CT molecular complexity index is 200. The van der Waals surface area contributed by atoms with Crippen LogP contribution in [0.5, 0.6) is 0 Å². The van der Waals surface area contributed by atoms with Crippen molar-refractivity contribution in [3.05, 3.63) is 0 Å². The molecule has 18 heavy (non-hydrogen) atoms. The van der Waals surface area contributed by atoms with Gasteiger partial charge in [0.2, 0.25) is 0 Å². The molecule has 1 unspecified atom stereocenters. The van der Waals surface area contributed by atoms with E-state index in [4.69, 9.17) is 24.9 Å². The zero-order valence-electron chi connectivity index (χ0n) is 11.7. The predicted molar refractivity (Wildman–Crippen MR) is 94.0 cm³/mol. The molecule has 0 fully saturated rings. The molecule has 3 nitrogen and oxygen atoms in total. The Morgan fingerprint density at radius 3 is 1.72 bits per heavy atom. The SMILES string of the molecule is CCO[Si](CCS(S)(CC)SS)(OCC)OCC. The molecule has 0 saturated carbocycles. The average molecular weight is 351 g/mol. The second kappa shape index (κ2) is 10.3. The van der Waals surface area contributed by atoms with E-state index in [0.29, 0.717) is 19.8 Å². The largest absolute Gasteiger partial charge is 0.501 e. The zero-order chi connectivity index (χ0) is 14.1. The summed E-state index contributed by atoms with van der Waals surface area (Å²) in [5, 5.41) is 0. The molecule has 0 aromatic heterocycles. The molecule has 0 aliphatic carbocycles. The molecule has 112 valence electrons. The van der Waals surface area contributed by atoms with E-state index in [-0.39, 0.29) is 0 Å². The standard InChI is InChI=1S/C10H26O3S4Si/c1-5-11-18(12-6-2,13-7-3)10-9-17(15,8-4)16-14/h14-15H,5-10H2,1-4H3. The molecule has 0 aliphatic heterocycles. The molecule has 0 aromatic rings. The van der Waals surface area contributed by atoms with Crippen molar-refractivity contribution in [3.8, 4) is 0 Å². The highest BCUT2D eigenvalue weighted by Crippen LogP contribution is 2.66. The van der Waals surface area contributed by atoms with Gasteiger partial charge in [0.1, 0.15) is 0 Å². The Hall–Kier alpha value is 1.50. The van der Waals surface area contributed by atoms with Crippen LogP contribution < -0.4 is 0 Å². The summed E-state index contributed by atoms with van der Waals surface area (Å²) in [4.78, 5) is 0. The van der Waals surface area contributed by atoms with Gasteiger partial charge >= 0.3 is 8.80 Å². The van der Waals surface area contributed by atoms with E-state index < -0.39 is 16.9 Å². The Kier molecular flexibility index (Phi) is 11.1. The topological polar surface area (TPSA) is 27.7 Å². The maximum atomic E-state index is 5.83. The van der Waals surface area contributed by atoms with Crippen molar-refractivity contribution in [2.75, 3.05) is 31.3 Å². The fourth-order valence-electron chi connectivity index (χ4n) is 1.52. The van der Waals surface area contributed by atoms with Crippen molar-refractivity contribution < 1.29 is 13.3 Å². The third kappa shape index (κ3) is 6.78. The first-order valence-electron chi connectivity index (χ1n) is 6.27. The van der Waals surface area contributed by atoms with Crippen molar-refractivity contribution in [1.29, 1.82) is 0 Å². The summed E-state index contributed by atoms with van der Waals surface area (Å²) in [5.41, 5.74) is 0. The molecule has 0 spiro atoms. The summed E-state index contributed by atoms with van der Waals surface area (Å²) < 4.78 is 17.5. The molecular weight excluding hydrogens is 324 g/mol. The third-order valence-corrected chi connectivity index (χ3v) is 15.5. The van der Waals surface area contributed by atoms with E-state index in [1.165, 1.54) is 0 Å². The van der Waals surface area contributed by atoms with E-state index in [0.717, 1.165) is 17.5 Å². The van der Waals surface area contributed by atoms with Gasteiger partial charge in [-0.05, 0) is 42.1 Å². The summed E-state index contributed by atoms with van der Waals surface area (Å²) >= 11 is 9.10. The van der Waals surface area contributed by atoms with Crippen LogP contribution in [0.4, 0.5) is 0 Å². The van der Waals surface area contributed by atoms with Crippen molar-refractivity contribution in [3.63, 3.8) is 0 Å². The summed E-state index contributed by atoms with van der Waals surface area (Å²) in [6, 6.07) is 0.822. The van der Waals surface area contributed by atoms with E-state index in [2.05, 4.69) is 18.6 Å². The van der Waals surface area contributed by atoms with Crippen molar-refractivity contribution in [1.82, 2.24) is 0 Å². The van der Waals surface area contributed by atoms with E-state index >= 15 is 0 Å². The van der Waals surface area contributed by atoms with Crippen LogP contribution in [0.3, 0.4) is 0 Å². The van der Waals surface area contributed by atoms with Crippen LogP contribution >= 0.6 is 41.2 Å². The Labute approximate surface area is 128 Å². The maximum absolute atomic E-state index is 5.83. The zero-order valence-corrected chi connectivity index (χ0v) is 16.1. The first-order valence-corrected chi connectivity index (χ1v) is 13.6. The van der Waals surface area contributed by atoms with Gasteiger partial charge in [0.15, 0.2) is 0 Å². The van der Waals surface area contributed by atoms with Gasteiger partial charge in [-0.25, -0.2) is 0 Å². The summed E-state index contributed by atoms with van der Waals surface area (Å²) in [6.45, 7) is 9.97. The highest BCUT2D eigenvalue weighted by atomic mass is 33.7. The molecule has 0 saturated heterocycles. The molecule has 0 rings (SSSR count). The van der Waals surface area contributed by atoms with Gasteiger partial charge in [0.25, 0.3) is 0 Å². The minimum atomic E-state index is -2.51. The minimum Gasteiger partial charge on any atom is -0.374 e. The monoisotopic (exact) mass is 350 g/mol. The van der Waals surface area contributed by atoms with Crippen molar-refractivity contribution in [2.45, 2.75) is 33.7 Å². The molecule has 0 N–H and O–H groups in total. The maximum Gasteiger partial charge on any atom is 0.501 e. The van der Waals surface area contributed by atoms with Gasteiger partial charge in [-0.2, -0.15) is 0 Å². The normalized spacial score (nSPS) is 17.4. The summed E-state index contributed by atoms with van der Waals surface area (Å²) in [5.74, 6) is 1.98. The van der Waals surface area contributed by atoms with Crippen molar-refractivity contribution in [2.24, 2.45) is 0 Å². The number of hydrogen-bond donors (Lipinski definition) is 2. The van der Waals surface area contributed by atoms with Crippen LogP contribution in [0.2, 0.25) is 6.04 Å². The van der Waals surface area contributed by atoms with E-state index in [1.54, 1.807) is 9.83 Å². The Morgan fingerprint density at radius 2 is 1.44 bits per heavy atom. The van der Waals surface area contributed by atoms with Crippen LogP contribution in [0.15, 0.2) is 0 Å². The molecule has 0 aromatic carbocycles. The first kappa shape index (κ1) is 19.5. The fraction of sp³-hybridized carbons (Fsp3) is 1.00. The van der Waals surface area contributed by atoms with Crippen LogP contribution in [0.1, 0.15) is 27.7 Å². The Morgan fingerprint density at radius 1 is 1.00 bits per heavy atom. The lowest BCUT2D eigenvalue weighted by atomic mass is 10.9. The highest BCUT2D eigenvalue weighted by molar-refractivity contribution is 9.33. The minimum absolute atomic E-state index is 0.626. The van der Waals surface area contributed by atoms with Crippen molar-refractivity contribution >= 4 is 50.0 Å². The van der Waals surface area contributed by atoms with Gasteiger partial charge in [0.05, 0.1) is 0 Å². The predicted octanol–water partition coefficient (Wildman–Crippen LogP) is 4.20. The average Bonchev–Trinajstić information content (AvgIpc) is 2.37. The molecule has 0 bridgehead atoms. The second-order valence-corrected chi connectivity index (χ2v) is 15.5. The first-order chi connectivity index (χ1) is 8.51. The number of hydrogen-bond acceptors (Lipinski definition) is 6. The number of thiol groups is 2. The quantitative estimate of drug-likeness (QED) is 0.332. The molecule has 0 radical (unpaired) electrons. The summed E-state index contributed by atoms with van der Waals surface area (Å²) in [7, 11) is -1.98. The van der Waals surface area contributed by atoms with Crippen LogP contribution in [-0.4, -0.2) is 40.1 Å². The van der Waals surface area contributed by atoms with Crippen LogP contribution in [0.25, 0.3) is 0 Å². The second-order valence-electron chi connectivity index (χ2n) is 3.57. The molecule has 0 aliphatic rings. The smallest absolute Gasteiger partial charge is 0.374 e. The van der Waals surface area contributed by atoms with Gasteiger partial charge in [-0.3, -0.25) is 0 Å². The van der Waals surface area contributed by atoms with Gasteiger partial charge in [-0.15, -0.1) is 31.4 Å². The fourth-order valence-corrected chi connectivity index (χ4v) is 10.00. The lowest BCUT2D eigenvalue weighted by Crippen LogP contribution is -2.46. The third-order valence-electron chi connectivity index (χ3n) is 2.41. The Balaban J connectivity index is 4.64. The van der Waals surface area contributed by atoms with Crippen LogP contribution in [-0.2, 0) is 13.3 Å². The molecule has 0 heterocycles. The van der Waals surface area contributed by atoms with Crippen LogP contribution in [0, 0.1) is 0 Å². The number of rotatable bonds is 11. The molecule has 0 amide bonds.